The average molecular weight is 369 g/mol. The van der Waals surface area contributed by atoms with Crippen LogP contribution in [0.5, 0.6) is 0 Å². The standard InChI is InChI=1S/C18H32N4O2S/c1-4-19-18(21-12-17-22-14(2)15(3)25-17)20-8-5-9-24-13-16-6-10-23-11-7-16/h16H,4-13H2,1-3H3,(H2,19,20,21). The number of nitrogens with one attached hydrogen (secondary N) is 2. The fraction of sp³-hybridized carbons (Fsp3) is 0.778. The highest BCUT2D eigenvalue weighted by Gasteiger charge is 2.13. The first kappa shape index (κ1) is 20.1. The molecule has 0 atom stereocenters. The highest BCUT2D eigenvalue weighted by atomic mass is 32.1. The molecule has 1 aromatic heterocycles. The molecule has 25 heavy (non-hydrogen) atoms. The van der Waals surface area contributed by atoms with Gasteiger partial charge in [0, 0.05) is 44.4 Å². The molecule has 0 aromatic carbocycles. The van der Waals surface area contributed by atoms with Gasteiger partial charge in [0.25, 0.3) is 0 Å². The molecule has 142 valence electrons. The van der Waals surface area contributed by atoms with E-state index in [4.69, 9.17) is 9.47 Å². The summed E-state index contributed by atoms with van der Waals surface area (Å²) in [4.78, 5) is 10.4. The van der Waals surface area contributed by atoms with Crippen molar-refractivity contribution in [2.24, 2.45) is 10.9 Å². The first-order valence-corrected chi connectivity index (χ1v) is 10.1. The Bertz CT molecular complexity index is 508. The lowest BCUT2D eigenvalue weighted by atomic mass is 10.0. The van der Waals surface area contributed by atoms with E-state index in [0.29, 0.717) is 12.5 Å². The summed E-state index contributed by atoms with van der Waals surface area (Å²) in [6.45, 7) is 12.0. The summed E-state index contributed by atoms with van der Waals surface area (Å²) in [6, 6.07) is 0. The Labute approximate surface area is 155 Å². The maximum absolute atomic E-state index is 5.80. The van der Waals surface area contributed by atoms with Gasteiger partial charge in [-0.15, -0.1) is 11.3 Å². The second-order valence-electron chi connectivity index (χ2n) is 6.36. The molecule has 1 fully saturated rings. The molecule has 0 radical (unpaired) electrons. The van der Waals surface area contributed by atoms with Gasteiger partial charge in [-0.3, -0.25) is 0 Å². The van der Waals surface area contributed by atoms with Crippen LogP contribution in [0.3, 0.4) is 0 Å². The third-order valence-corrected chi connectivity index (χ3v) is 5.30. The minimum atomic E-state index is 0.620. The zero-order valence-corrected chi connectivity index (χ0v) is 16.6. The van der Waals surface area contributed by atoms with Crippen LogP contribution in [0.15, 0.2) is 4.99 Å². The molecule has 0 spiro atoms. The molecule has 0 unspecified atom stereocenters. The van der Waals surface area contributed by atoms with Gasteiger partial charge in [-0.05, 0) is 46.0 Å². The lowest BCUT2D eigenvalue weighted by Crippen LogP contribution is -2.38. The van der Waals surface area contributed by atoms with Crippen molar-refractivity contribution in [3.63, 3.8) is 0 Å². The third-order valence-electron chi connectivity index (χ3n) is 4.24. The van der Waals surface area contributed by atoms with E-state index in [1.54, 1.807) is 11.3 Å². The topological polar surface area (TPSA) is 67.8 Å². The lowest BCUT2D eigenvalue weighted by molar-refractivity contribution is 0.0203. The highest BCUT2D eigenvalue weighted by Crippen LogP contribution is 2.17. The Balaban J connectivity index is 1.62. The van der Waals surface area contributed by atoms with Gasteiger partial charge < -0.3 is 20.1 Å². The Hall–Kier alpha value is -1.18. The van der Waals surface area contributed by atoms with Crippen LogP contribution in [0.4, 0.5) is 0 Å². The molecule has 2 N–H and O–H groups in total. The minimum absolute atomic E-state index is 0.620. The van der Waals surface area contributed by atoms with E-state index in [2.05, 4.69) is 34.5 Å². The first-order chi connectivity index (χ1) is 12.2. The molecule has 1 saturated heterocycles. The van der Waals surface area contributed by atoms with E-state index < -0.39 is 0 Å². The van der Waals surface area contributed by atoms with Crippen LogP contribution < -0.4 is 10.6 Å². The van der Waals surface area contributed by atoms with Gasteiger partial charge in [0.1, 0.15) is 5.01 Å². The Morgan fingerprint density at radius 2 is 2.12 bits per heavy atom. The number of aryl methyl sites for hydroxylation is 2. The molecule has 2 rings (SSSR count). The largest absolute Gasteiger partial charge is 0.381 e. The van der Waals surface area contributed by atoms with Crippen molar-refractivity contribution in [2.45, 2.75) is 46.6 Å². The third kappa shape index (κ3) is 7.71. The number of thiazole rings is 1. The van der Waals surface area contributed by atoms with Crippen molar-refractivity contribution in [1.29, 1.82) is 0 Å². The van der Waals surface area contributed by atoms with Crippen LogP contribution in [0.25, 0.3) is 0 Å². The zero-order chi connectivity index (χ0) is 17.9. The van der Waals surface area contributed by atoms with E-state index in [-0.39, 0.29) is 0 Å². The van der Waals surface area contributed by atoms with Crippen molar-refractivity contribution in [1.82, 2.24) is 15.6 Å². The van der Waals surface area contributed by atoms with Crippen LogP contribution in [0.2, 0.25) is 0 Å². The maximum Gasteiger partial charge on any atom is 0.191 e. The summed E-state index contributed by atoms with van der Waals surface area (Å²) in [5.74, 6) is 1.52. The van der Waals surface area contributed by atoms with Gasteiger partial charge in [0.2, 0.25) is 0 Å². The van der Waals surface area contributed by atoms with E-state index in [1.807, 2.05) is 6.92 Å². The van der Waals surface area contributed by atoms with Gasteiger partial charge in [0.15, 0.2) is 5.96 Å². The van der Waals surface area contributed by atoms with Crippen molar-refractivity contribution >= 4 is 17.3 Å². The van der Waals surface area contributed by atoms with Crippen LogP contribution in [0, 0.1) is 19.8 Å². The molecular formula is C18H32N4O2S. The second kappa shape index (κ2) is 11.4. The number of hydrogen-bond donors (Lipinski definition) is 2. The number of guanidine groups is 1. The fourth-order valence-corrected chi connectivity index (χ4v) is 3.50. The normalized spacial score (nSPS) is 16.2. The van der Waals surface area contributed by atoms with Gasteiger partial charge in [-0.25, -0.2) is 9.98 Å². The predicted octanol–water partition coefficient (Wildman–Crippen LogP) is 2.65. The zero-order valence-electron chi connectivity index (χ0n) is 15.8. The highest BCUT2D eigenvalue weighted by molar-refractivity contribution is 7.11. The van der Waals surface area contributed by atoms with Gasteiger partial charge in [-0.2, -0.15) is 0 Å². The number of hydrogen-bond acceptors (Lipinski definition) is 5. The van der Waals surface area contributed by atoms with Crippen LogP contribution in [-0.4, -0.2) is 50.5 Å². The number of aliphatic imine (C=N–C) groups is 1. The molecular weight excluding hydrogens is 336 g/mol. The smallest absolute Gasteiger partial charge is 0.191 e. The SMILES string of the molecule is CCNC(=NCc1nc(C)c(C)s1)NCCCOCC1CCOCC1. The molecule has 6 nitrogen and oxygen atoms in total. The van der Waals surface area contributed by atoms with E-state index in [9.17, 15) is 0 Å². The minimum Gasteiger partial charge on any atom is -0.381 e. The summed E-state index contributed by atoms with van der Waals surface area (Å²) in [6.07, 6.45) is 3.24. The number of nitrogens with zero attached hydrogens (tertiary/aromatic N) is 2. The molecule has 0 bridgehead atoms. The summed E-state index contributed by atoms with van der Waals surface area (Å²) < 4.78 is 11.2. The van der Waals surface area contributed by atoms with E-state index in [0.717, 1.165) is 75.4 Å². The van der Waals surface area contributed by atoms with Gasteiger partial charge in [0.05, 0.1) is 12.2 Å². The summed E-state index contributed by atoms with van der Waals surface area (Å²) in [5, 5.41) is 7.71. The number of rotatable bonds is 9. The molecule has 0 saturated carbocycles. The first-order valence-electron chi connectivity index (χ1n) is 9.29. The van der Waals surface area contributed by atoms with Crippen molar-refractivity contribution in [2.75, 3.05) is 39.5 Å². The molecule has 0 aliphatic carbocycles. The quantitative estimate of drug-likeness (QED) is 0.398. The molecule has 1 aromatic rings. The monoisotopic (exact) mass is 368 g/mol. The Morgan fingerprint density at radius 3 is 2.80 bits per heavy atom. The predicted molar refractivity (Wildman–Crippen MR) is 103 cm³/mol. The average Bonchev–Trinajstić information content (AvgIpc) is 2.94. The number of ether oxygens (including phenoxy) is 2. The summed E-state index contributed by atoms with van der Waals surface area (Å²) >= 11 is 1.72. The summed E-state index contributed by atoms with van der Waals surface area (Å²) in [7, 11) is 0. The maximum atomic E-state index is 5.80. The molecule has 0 amide bonds. The lowest BCUT2D eigenvalue weighted by Gasteiger charge is -2.21. The van der Waals surface area contributed by atoms with Gasteiger partial charge >= 0.3 is 0 Å². The number of aromatic nitrogens is 1. The molecule has 1 aliphatic heterocycles. The molecule has 2 heterocycles. The van der Waals surface area contributed by atoms with Crippen molar-refractivity contribution in [3.8, 4) is 0 Å². The Kier molecular flexibility index (Phi) is 9.21. The van der Waals surface area contributed by atoms with Crippen LogP contribution in [0.1, 0.15) is 41.8 Å². The fourth-order valence-electron chi connectivity index (χ4n) is 2.64. The molecule has 1 aliphatic rings. The summed E-state index contributed by atoms with van der Waals surface area (Å²) in [5.41, 5.74) is 1.11. The van der Waals surface area contributed by atoms with Crippen LogP contribution in [-0.2, 0) is 16.0 Å². The van der Waals surface area contributed by atoms with Crippen molar-refractivity contribution in [3.05, 3.63) is 15.6 Å². The van der Waals surface area contributed by atoms with E-state index >= 15 is 0 Å². The van der Waals surface area contributed by atoms with Crippen molar-refractivity contribution < 1.29 is 9.47 Å². The van der Waals surface area contributed by atoms with Crippen LogP contribution >= 0.6 is 11.3 Å². The van der Waals surface area contributed by atoms with E-state index in [1.165, 1.54) is 4.88 Å². The Morgan fingerprint density at radius 1 is 1.32 bits per heavy atom. The molecule has 7 heteroatoms. The van der Waals surface area contributed by atoms with Gasteiger partial charge in [-0.1, -0.05) is 0 Å². The second-order valence-corrected chi connectivity index (χ2v) is 7.64.